The quantitative estimate of drug-likeness (QED) is 0.652. The average molecular weight is 431 g/mol. The van der Waals surface area contributed by atoms with E-state index in [1.165, 1.54) is 13.2 Å². The highest BCUT2D eigenvalue weighted by molar-refractivity contribution is 5.87. The number of aryl methyl sites for hydroxylation is 1. The second-order valence-electron chi connectivity index (χ2n) is 8.58. The van der Waals surface area contributed by atoms with Crippen LogP contribution in [-0.4, -0.2) is 48.3 Å². The Morgan fingerprint density at radius 2 is 1.94 bits per heavy atom. The standard InChI is InChI=1S/C24H26F3N2O2/c1-15-11-16(19-6-5-18(24(25,26)27)14-21(19)31-4)13-17(12-15)20-7-8-23(29(20)3)9-10-28(2)22(23)30/h5-6,11-14,20H,3,7-10H2,1-2,4H3/q+1. The van der Waals surface area contributed by atoms with Gasteiger partial charge in [-0.1, -0.05) is 12.1 Å². The number of halogens is 3. The van der Waals surface area contributed by atoms with E-state index in [1.54, 1.807) is 4.90 Å². The first-order valence-corrected chi connectivity index (χ1v) is 10.3. The first-order valence-electron chi connectivity index (χ1n) is 10.3. The zero-order valence-corrected chi connectivity index (χ0v) is 17.9. The molecule has 2 fully saturated rings. The van der Waals surface area contributed by atoms with E-state index in [0.29, 0.717) is 5.56 Å². The Hall–Kier alpha value is -2.83. The van der Waals surface area contributed by atoms with E-state index in [2.05, 4.69) is 12.8 Å². The molecule has 164 valence electrons. The van der Waals surface area contributed by atoms with Crippen molar-refractivity contribution >= 4 is 12.6 Å². The average Bonchev–Trinajstić information content (AvgIpc) is 3.21. The van der Waals surface area contributed by atoms with Crippen molar-refractivity contribution in [3.63, 3.8) is 0 Å². The van der Waals surface area contributed by atoms with Crippen LogP contribution in [0.3, 0.4) is 0 Å². The van der Waals surface area contributed by atoms with E-state index in [9.17, 15) is 18.0 Å². The number of hydrogen-bond donors (Lipinski definition) is 0. The minimum absolute atomic E-state index is 0.0328. The molecule has 1 spiro atoms. The number of alkyl halides is 3. The van der Waals surface area contributed by atoms with E-state index < -0.39 is 17.3 Å². The summed E-state index contributed by atoms with van der Waals surface area (Å²) in [7, 11) is 3.19. The van der Waals surface area contributed by atoms with Crippen LogP contribution in [0.4, 0.5) is 13.2 Å². The number of rotatable bonds is 3. The van der Waals surface area contributed by atoms with Gasteiger partial charge in [-0.15, -0.1) is 0 Å². The van der Waals surface area contributed by atoms with E-state index in [0.717, 1.165) is 54.6 Å². The summed E-state index contributed by atoms with van der Waals surface area (Å²) in [4.78, 5) is 14.6. The first kappa shape index (κ1) is 21.4. The fourth-order valence-electron chi connectivity index (χ4n) is 5.00. The third kappa shape index (κ3) is 3.50. The van der Waals surface area contributed by atoms with E-state index in [1.807, 2.05) is 30.7 Å². The van der Waals surface area contributed by atoms with E-state index >= 15 is 0 Å². The van der Waals surface area contributed by atoms with Crippen LogP contribution >= 0.6 is 0 Å². The molecule has 2 heterocycles. The van der Waals surface area contributed by atoms with Crippen LogP contribution in [-0.2, 0) is 11.0 Å². The number of nitrogens with zero attached hydrogens (tertiary/aromatic N) is 2. The second kappa shape index (κ2) is 7.39. The molecule has 4 rings (SSSR count). The first-order chi connectivity index (χ1) is 14.6. The molecule has 2 aromatic carbocycles. The molecule has 2 aliphatic rings. The Morgan fingerprint density at radius 1 is 1.19 bits per heavy atom. The topological polar surface area (TPSA) is 32.5 Å². The molecule has 1 amide bonds. The Bertz CT molecular complexity index is 1060. The Morgan fingerprint density at radius 3 is 2.55 bits per heavy atom. The van der Waals surface area contributed by atoms with Gasteiger partial charge >= 0.3 is 6.18 Å². The van der Waals surface area contributed by atoms with Gasteiger partial charge in [-0.25, -0.2) is 4.58 Å². The van der Waals surface area contributed by atoms with Gasteiger partial charge in [0.15, 0.2) is 6.04 Å². The van der Waals surface area contributed by atoms with Crippen molar-refractivity contribution in [1.82, 2.24) is 4.90 Å². The normalized spacial score (nSPS) is 23.8. The van der Waals surface area contributed by atoms with Gasteiger partial charge in [-0.2, -0.15) is 13.2 Å². The van der Waals surface area contributed by atoms with Crippen LogP contribution in [0.25, 0.3) is 11.1 Å². The molecule has 31 heavy (non-hydrogen) atoms. The zero-order valence-electron chi connectivity index (χ0n) is 17.9. The molecule has 0 aromatic heterocycles. The van der Waals surface area contributed by atoms with Crippen LogP contribution < -0.4 is 4.74 Å². The maximum absolute atomic E-state index is 13.1. The van der Waals surface area contributed by atoms with Gasteiger partial charge in [0.25, 0.3) is 5.91 Å². The van der Waals surface area contributed by atoms with Crippen molar-refractivity contribution in [2.24, 2.45) is 0 Å². The van der Waals surface area contributed by atoms with Gasteiger partial charge in [0.2, 0.25) is 5.54 Å². The van der Waals surface area contributed by atoms with Gasteiger partial charge in [0, 0.05) is 44.0 Å². The smallest absolute Gasteiger partial charge is 0.416 e. The summed E-state index contributed by atoms with van der Waals surface area (Å²) in [6, 6.07) is 9.49. The minimum atomic E-state index is -4.43. The zero-order chi connectivity index (χ0) is 22.6. The predicted octanol–water partition coefficient (Wildman–Crippen LogP) is 4.84. The van der Waals surface area contributed by atoms with Gasteiger partial charge in [0.1, 0.15) is 12.5 Å². The minimum Gasteiger partial charge on any atom is -0.496 e. The lowest BCUT2D eigenvalue weighted by Gasteiger charge is -2.20. The lowest BCUT2D eigenvalue weighted by atomic mass is 9.94. The summed E-state index contributed by atoms with van der Waals surface area (Å²) >= 11 is 0. The highest BCUT2D eigenvalue weighted by atomic mass is 19.4. The van der Waals surface area contributed by atoms with Crippen molar-refractivity contribution in [2.45, 2.75) is 43.9 Å². The molecule has 2 atom stereocenters. The molecule has 0 aliphatic carbocycles. The van der Waals surface area contributed by atoms with Gasteiger partial charge in [0.05, 0.1) is 12.7 Å². The molecule has 0 saturated carbocycles. The summed E-state index contributed by atoms with van der Waals surface area (Å²) in [6.07, 6.45) is -2.13. The number of benzene rings is 2. The molecule has 2 unspecified atom stereocenters. The number of hydrogen-bond acceptors (Lipinski definition) is 2. The summed E-state index contributed by atoms with van der Waals surface area (Å²) in [5.74, 6) is 0.288. The number of carbonyl (C=O) groups excluding carboxylic acids is 1. The van der Waals surface area contributed by atoms with E-state index in [-0.39, 0.29) is 17.7 Å². The SMILES string of the molecule is C=[N+]1C(c2cc(C)cc(-c3ccc(C(F)(F)F)cc3OC)c2)CCC12CCN(C)C2=O. The van der Waals surface area contributed by atoms with Crippen molar-refractivity contribution in [1.29, 1.82) is 0 Å². The Kier molecular flexibility index (Phi) is 5.10. The van der Waals surface area contributed by atoms with Crippen molar-refractivity contribution in [2.75, 3.05) is 20.7 Å². The maximum Gasteiger partial charge on any atom is 0.416 e. The van der Waals surface area contributed by atoms with Crippen molar-refractivity contribution in [3.8, 4) is 16.9 Å². The van der Waals surface area contributed by atoms with Crippen LogP contribution in [0.5, 0.6) is 5.75 Å². The van der Waals surface area contributed by atoms with Gasteiger partial charge < -0.3 is 9.64 Å². The summed E-state index contributed by atoms with van der Waals surface area (Å²) in [5, 5.41) is 0. The van der Waals surface area contributed by atoms with Gasteiger partial charge in [-0.05, 0) is 42.3 Å². The fourth-order valence-corrected chi connectivity index (χ4v) is 5.00. The van der Waals surface area contributed by atoms with Crippen LogP contribution in [0.1, 0.15) is 42.0 Å². The molecule has 7 heteroatoms. The monoisotopic (exact) mass is 431 g/mol. The largest absolute Gasteiger partial charge is 0.496 e. The van der Waals surface area contributed by atoms with Crippen LogP contribution in [0.2, 0.25) is 0 Å². The molecule has 2 aromatic rings. The number of likely N-dealkylation sites (tertiary alicyclic amines) is 1. The number of amides is 1. The Labute approximate surface area is 179 Å². The fraction of sp³-hybridized carbons (Fsp3) is 0.417. The third-order valence-corrected chi connectivity index (χ3v) is 6.69. The maximum atomic E-state index is 13.1. The van der Waals surface area contributed by atoms with Crippen molar-refractivity contribution < 1.29 is 27.3 Å². The van der Waals surface area contributed by atoms with E-state index in [4.69, 9.17) is 4.74 Å². The molecule has 0 N–H and O–H groups in total. The highest BCUT2D eigenvalue weighted by Gasteiger charge is 2.60. The van der Waals surface area contributed by atoms with Crippen LogP contribution in [0.15, 0.2) is 36.4 Å². The third-order valence-electron chi connectivity index (χ3n) is 6.69. The highest BCUT2D eigenvalue weighted by Crippen LogP contribution is 2.45. The van der Waals surface area contributed by atoms with Crippen LogP contribution in [0, 0.1) is 6.92 Å². The molecule has 2 aliphatic heterocycles. The van der Waals surface area contributed by atoms with Gasteiger partial charge in [-0.3, -0.25) is 4.79 Å². The predicted molar refractivity (Wildman–Crippen MR) is 113 cm³/mol. The number of carbonyl (C=O) groups is 1. The second-order valence-corrected chi connectivity index (χ2v) is 8.58. The molecule has 4 nitrogen and oxygen atoms in total. The Balaban J connectivity index is 1.73. The lowest BCUT2D eigenvalue weighted by Crippen LogP contribution is -2.44. The van der Waals surface area contributed by atoms with Crippen molar-refractivity contribution in [3.05, 3.63) is 53.1 Å². The summed E-state index contributed by atoms with van der Waals surface area (Å²) in [6.45, 7) is 6.93. The summed E-state index contributed by atoms with van der Waals surface area (Å²) < 4.78 is 46.6. The number of ether oxygens (including phenoxy) is 1. The molecule has 0 radical (unpaired) electrons. The molecule has 0 bridgehead atoms. The molecule has 2 saturated heterocycles. The molecular formula is C24H26F3N2O2+. The number of methoxy groups -OCH3 is 1. The summed E-state index contributed by atoms with van der Waals surface area (Å²) in [5.41, 5.74) is 2.07. The lowest BCUT2D eigenvalue weighted by molar-refractivity contribution is -0.600. The molecular weight excluding hydrogens is 405 g/mol. The number of likely N-dealkylation sites (N-methyl/N-ethyl adjacent to an activating group) is 1.